The zero-order valence-electron chi connectivity index (χ0n) is 12.6. The molecule has 0 bridgehead atoms. The van der Waals surface area contributed by atoms with Crippen molar-refractivity contribution in [1.29, 1.82) is 0 Å². The molecule has 1 aliphatic rings. The Morgan fingerprint density at radius 1 is 1.37 bits per heavy atom. The SMILES string of the molecule is CCC(CC)N(CCO)C(=O)C1CCC(N)CC1C. The summed E-state index contributed by atoms with van der Waals surface area (Å²) in [6.07, 6.45) is 4.66. The topological polar surface area (TPSA) is 66.6 Å². The van der Waals surface area contributed by atoms with Gasteiger partial charge in [-0.15, -0.1) is 0 Å². The molecule has 0 aromatic rings. The molecule has 1 saturated carbocycles. The summed E-state index contributed by atoms with van der Waals surface area (Å²) < 4.78 is 0. The van der Waals surface area contributed by atoms with Crippen molar-refractivity contribution in [2.45, 2.75) is 65.0 Å². The molecule has 112 valence electrons. The van der Waals surface area contributed by atoms with Gasteiger partial charge in [-0.2, -0.15) is 0 Å². The number of carbonyl (C=O) groups excluding carboxylic acids is 1. The average molecular weight is 270 g/mol. The molecule has 0 aromatic carbocycles. The molecular formula is C15H30N2O2. The van der Waals surface area contributed by atoms with E-state index in [9.17, 15) is 9.90 Å². The molecule has 19 heavy (non-hydrogen) atoms. The number of aliphatic hydroxyl groups excluding tert-OH is 1. The van der Waals surface area contributed by atoms with Crippen LogP contribution in [0.1, 0.15) is 52.9 Å². The van der Waals surface area contributed by atoms with Gasteiger partial charge < -0.3 is 15.7 Å². The zero-order valence-corrected chi connectivity index (χ0v) is 12.6. The predicted octanol–water partition coefficient (Wildman–Crippen LogP) is 1.76. The molecule has 1 aliphatic carbocycles. The van der Waals surface area contributed by atoms with Crippen LogP contribution in [0, 0.1) is 11.8 Å². The molecular weight excluding hydrogens is 240 g/mol. The molecule has 3 N–H and O–H groups in total. The molecule has 0 radical (unpaired) electrons. The number of hydrogen-bond acceptors (Lipinski definition) is 3. The van der Waals surface area contributed by atoms with E-state index in [4.69, 9.17) is 5.73 Å². The summed E-state index contributed by atoms with van der Waals surface area (Å²) in [5, 5.41) is 9.22. The Labute approximate surface area is 117 Å². The van der Waals surface area contributed by atoms with Gasteiger partial charge >= 0.3 is 0 Å². The third-order valence-electron chi connectivity index (χ3n) is 4.53. The first-order valence-corrected chi connectivity index (χ1v) is 7.71. The maximum absolute atomic E-state index is 12.7. The Balaban J connectivity index is 2.75. The minimum atomic E-state index is 0.0445. The standard InChI is InChI=1S/C15H30N2O2/c1-4-13(5-2)17(8-9-18)15(19)14-7-6-12(16)10-11(14)3/h11-14,18H,4-10,16H2,1-3H3. The number of aliphatic hydroxyl groups is 1. The fourth-order valence-corrected chi connectivity index (χ4v) is 3.33. The molecule has 0 aliphatic heterocycles. The minimum absolute atomic E-state index is 0.0445. The summed E-state index contributed by atoms with van der Waals surface area (Å²) in [6, 6.07) is 0.501. The van der Waals surface area contributed by atoms with Crippen LogP contribution >= 0.6 is 0 Å². The van der Waals surface area contributed by atoms with Crippen LogP contribution in [0.5, 0.6) is 0 Å². The highest BCUT2D eigenvalue weighted by Crippen LogP contribution is 2.31. The van der Waals surface area contributed by atoms with Crippen LogP contribution in [0.15, 0.2) is 0 Å². The first-order valence-electron chi connectivity index (χ1n) is 7.71. The second-order valence-electron chi connectivity index (χ2n) is 5.88. The lowest BCUT2D eigenvalue weighted by Gasteiger charge is -2.38. The fourth-order valence-electron chi connectivity index (χ4n) is 3.33. The van der Waals surface area contributed by atoms with Crippen LogP contribution in [-0.2, 0) is 4.79 Å². The van der Waals surface area contributed by atoms with E-state index in [1.54, 1.807) is 0 Å². The largest absolute Gasteiger partial charge is 0.395 e. The molecule has 0 heterocycles. The van der Waals surface area contributed by atoms with Gasteiger partial charge in [0.05, 0.1) is 6.61 Å². The molecule has 4 nitrogen and oxygen atoms in total. The van der Waals surface area contributed by atoms with E-state index >= 15 is 0 Å². The Bertz CT molecular complexity index is 279. The second-order valence-corrected chi connectivity index (χ2v) is 5.88. The fraction of sp³-hybridized carbons (Fsp3) is 0.933. The van der Waals surface area contributed by atoms with E-state index < -0.39 is 0 Å². The predicted molar refractivity (Wildman–Crippen MR) is 77.6 cm³/mol. The van der Waals surface area contributed by atoms with Gasteiger partial charge in [-0.25, -0.2) is 0 Å². The van der Waals surface area contributed by atoms with Crippen LogP contribution in [0.25, 0.3) is 0 Å². The van der Waals surface area contributed by atoms with Gasteiger partial charge in [-0.05, 0) is 38.0 Å². The first-order chi connectivity index (χ1) is 9.04. The minimum Gasteiger partial charge on any atom is -0.395 e. The summed E-state index contributed by atoms with van der Waals surface area (Å²) in [5.41, 5.74) is 5.97. The van der Waals surface area contributed by atoms with Crippen molar-refractivity contribution in [3.63, 3.8) is 0 Å². The van der Waals surface area contributed by atoms with Crippen molar-refractivity contribution in [3.05, 3.63) is 0 Å². The molecule has 3 unspecified atom stereocenters. The van der Waals surface area contributed by atoms with Crippen molar-refractivity contribution in [1.82, 2.24) is 4.90 Å². The second kappa shape index (κ2) is 7.85. The molecule has 4 heteroatoms. The Morgan fingerprint density at radius 3 is 2.47 bits per heavy atom. The third-order valence-corrected chi connectivity index (χ3v) is 4.53. The van der Waals surface area contributed by atoms with Crippen LogP contribution in [0.2, 0.25) is 0 Å². The monoisotopic (exact) mass is 270 g/mol. The summed E-state index contributed by atoms with van der Waals surface area (Å²) in [5.74, 6) is 0.668. The number of hydrogen-bond donors (Lipinski definition) is 2. The van der Waals surface area contributed by atoms with Crippen LogP contribution in [-0.4, -0.2) is 41.1 Å². The van der Waals surface area contributed by atoms with Crippen molar-refractivity contribution in [2.75, 3.05) is 13.2 Å². The smallest absolute Gasteiger partial charge is 0.226 e. The van der Waals surface area contributed by atoms with Crippen molar-refractivity contribution < 1.29 is 9.90 Å². The van der Waals surface area contributed by atoms with Gasteiger partial charge in [-0.3, -0.25) is 4.79 Å². The van der Waals surface area contributed by atoms with Crippen LogP contribution in [0.3, 0.4) is 0 Å². The van der Waals surface area contributed by atoms with Crippen molar-refractivity contribution in [2.24, 2.45) is 17.6 Å². The number of nitrogens with two attached hydrogens (primary N) is 1. The van der Waals surface area contributed by atoms with E-state index in [1.165, 1.54) is 0 Å². The summed E-state index contributed by atoms with van der Waals surface area (Å²) >= 11 is 0. The van der Waals surface area contributed by atoms with Crippen molar-refractivity contribution >= 4 is 5.91 Å². The maximum Gasteiger partial charge on any atom is 0.226 e. The third kappa shape index (κ3) is 4.18. The Hall–Kier alpha value is -0.610. The maximum atomic E-state index is 12.7. The van der Waals surface area contributed by atoms with Gasteiger partial charge in [0, 0.05) is 24.5 Å². The summed E-state index contributed by atoms with van der Waals surface area (Å²) in [6.45, 7) is 6.84. The van der Waals surface area contributed by atoms with Gasteiger partial charge in [-0.1, -0.05) is 20.8 Å². The quantitative estimate of drug-likeness (QED) is 0.773. The molecule has 1 amide bonds. The van der Waals surface area contributed by atoms with Crippen LogP contribution < -0.4 is 5.73 Å². The molecule has 1 rings (SSSR count). The summed E-state index contributed by atoms with van der Waals surface area (Å²) in [7, 11) is 0. The number of carbonyl (C=O) groups is 1. The summed E-state index contributed by atoms with van der Waals surface area (Å²) in [4.78, 5) is 14.6. The van der Waals surface area contributed by atoms with E-state index in [-0.39, 0.29) is 30.5 Å². The van der Waals surface area contributed by atoms with E-state index in [1.807, 2.05) is 4.90 Å². The van der Waals surface area contributed by atoms with Gasteiger partial charge in [0.15, 0.2) is 0 Å². The van der Waals surface area contributed by atoms with E-state index in [0.29, 0.717) is 12.5 Å². The number of nitrogens with zero attached hydrogens (tertiary/aromatic N) is 1. The molecule has 0 spiro atoms. The zero-order chi connectivity index (χ0) is 14.4. The first kappa shape index (κ1) is 16.4. The Morgan fingerprint density at radius 2 is 2.00 bits per heavy atom. The molecule has 0 saturated heterocycles. The van der Waals surface area contributed by atoms with Crippen LogP contribution in [0.4, 0.5) is 0 Å². The van der Waals surface area contributed by atoms with Crippen molar-refractivity contribution in [3.8, 4) is 0 Å². The lowest BCUT2D eigenvalue weighted by Crippen LogP contribution is -2.48. The van der Waals surface area contributed by atoms with E-state index in [2.05, 4.69) is 20.8 Å². The lowest BCUT2D eigenvalue weighted by molar-refractivity contribution is -0.141. The normalized spacial score (nSPS) is 27.6. The van der Waals surface area contributed by atoms with Gasteiger partial charge in [0.25, 0.3) is 0 Å². The highest BCUT2D eigenvalue weighted by molar-refractivity contribution is 5.79. The average Bonchev–Trinajstić information content (AvgIpc) is 2.38. The number of amides is 1. The van der Waals surface area contributed by atoms with Gasteiger partial charge in [0.1, 0.15) is 0 Å². The Kier molecular flexibility index (Phi) is 6.80. The number of rotatable bonds is 6. The highest BCUT2D eigenvalue weighted by atomic mass is 16.3. The van der Waals surface area contributed by atoms with E-state index in [0.717, 1.165) is 32.1 Å². The molecule has 3 atom stereocenters. The van der Waals surface area contributed by atoms with Gasteiger partial charge in [0.2, 0.25) is 5.91 Å². The lowest BCUT2D eigenvalue weighted by atomic mass is 9.77. The highest BCUT2D eigenvalue weighted by Gasteiger charge is 2.35. The molecule has 0 aromatic heterocycles. The molecule has 1 fully saturated rings.